The number of hydrogen-bond acceptors (Lipinski definition) is 13. The Morgan fingerprint density at radius 3 is 1.48 bits per heavy atom. The molecule has 11 aromatic rings. The minimum Gasteiger partial charge on any atom is -0.744 e. The van der Waals surface area contributed by atoms with Gasteiger partial charge in [-0.25, -0.2) is 23.4 Å². The van der Waals surface area contributed by atoms with E-state index in [-0.39, 0.29) is 101 Å². The molecular formula is C107H157N8NaO9PS4+. The average Bonchev–Trinajstić information content (AvgIpc) is 0.946. The van der Waals surface area contributed by atoms with Crippen molar-refractivity contribution >= 4 is 98.6 Å². The molecule has 0 saturated heterocycles. The van der Waals surface area contributed by atoms with E-state index in [2.05, 4.69) is 258 Å². The van der Waals surface area contributed by atoms with Gasteiger partial charge in [0.25, 0.3) is 10.1 Å². The number of phenols is 1. The quantitative estimate of drug-likeness (QED) is 0.00411. The number of likely N-dealkylation sites (N-methyl/N-ethyl adjacent to an activating group) is 1. The standard InChI is InChI=1S/C23H24N2.C19H25P.C16H18N4.C11H24NO2.C10H10O4S.C10H14.C7H8O3S.C5H11NS2.6CH4.Na/c1-3-18-10-14-21(15-11-18)24-23(20-8-6-5-7-9-20)25-22-16-12-19(4-2)13-17-22;1-3-8-17(4-2)18-13-11-16(12-14-18)15-20-19-9-6-5-7-10-19;1-9-15(19-11(3)17-9)13-5-7-14(8-6-13)16-10(2)18-12(4)20-16;1-7-11(2,3)10(13)14-9-8-12(4,5)6;11-9-5-6-10(15(12,13)14)8-4-2-1-3-7(8)9;1-3-9(2)10-7-5-4-6-8-10;1-6-2-4-7(5-3-6)11(8,9)10;1-3-6(4-2)5(7)8;;;;;;;/h5-17H,3-4H2,1-2H3,(H,24,25);5-7,9-14,17,20H,3-4,8,15H2,1-2H3;5-8H,1-4H3,(H,17,19)(H,18,20);7-9H2,1-6H3;3-6,11H,1-2H2,(H,12,13,14);4-9H,3H2,1-2H3;2-5H,1H3,(H,8,9,10);3-4H2,1-2H3,(H,7,8);6*1H4;/q;;;+1;;;;;;;;;;;+1/p-1. The molecule has 3 atom stereocenters. The number of aromatic amines is 2. The zero-order valence-corrected chi connectivity index (χ0v) is 83.2. The molecule has 12 rings (SSSR count). The minimum atomic E-state index is -4.27. The second-order valence-electron chi connectivity index (χ2n) is 31.8. The van der Waals surface area contributed by atoms with Gasteiger partial charge in [0.2, 0.25) is 0 Å². The largest absolute Gasteiger partial charge is 1.00 e. The van der Waals surface area contributed by atoms with Crippen LogP contribution >= 0.6 is 20.8 Å². The van der Waals surface area contributed by atoms with E-state index in [9.17, 15) is 31.3 Å². The molecule has 0 aliphatic heterocycles. The van der Waals surface area contributed by atoms with Crippen LogP contribution in [0.2, 0.25) is 0 Å². The monoisotopic (exact) mass is 1880 g/mol. The van der Waals surface area contributed by atoms with Crippen LogP contribution in [0.15, 0.2) is 239 Å². The van der Waals surface area contributed by atoms with Gasteiger partial charge in [0, 0.05) is 65.9 Å². The van der Waals surface area contributed by atoms with Crippen LogP contribution in [-0.2, 0) is 61.4 Å². The summed E-state index contributed by atoms with van der Waals surface area (Å²) in [5, 5.41) is 15.4. The summed E-state index contributed by atoms with van der Waals surface area (Å²) in [6, 6.07) is 74.7. The van der Waals surface area contributed by atoms with Gasteiger partial charge >= 0.3 is 35.5 Å². The number of aromatic hydroxyl groups is 1. The second kappa shape index (κ2) is 64.1. The van der Waals surface area contributed by atoms with Gasteiger partial charge in [-0.05, 0) is 214 Å². The first kappa shape index (κ1) is 125. The normalized spacial score (nSPS) is 11.5. The maximum absolute atomic E-state index is 11.6. The molecule has 0 bridgehead atoms. The fourth-order valence-corrected chi connectivity index (χ4v) is 15.5. The van der Waals surface area contributed by atoms with Crippen molar-refractivity contribution in [3.8, 4) is 28.3 Å². The number of aryl methyl sites for hydroxylation is 7. The third kappa shape index (κ3) is 44.6. The number of rotatable bonds is 25. The van der Waals surface area contributed by atoms with Crippen LogP contribution in [0.25, 0.3) is 34.7 Å². The molecule has 3 unspecified atom stereocenters. The first-order valence-corrected chi connectivity index (χ1v) is 47.7. The van der Waals surface area contributed by atoms with Gasteiger partial charge in [-0.15, -0.1) is 0 Å². The third-order valence-electron chi connectivity index (χ3n) is 20.8. The van der Waals surface area contributed by atoms with E-state index < -0.39 is 20.2 Å². The summed E-state index contributed by atoms with van der Waals surface area (Å²) < 4.78 is 68.9. The number of aromatic nitrogens is 4. The number of esters is 1. The molecule has 130 heavy (non-hydrogen) atoms. The number of H-pyrrole nitrogens is 2. The van der Waals surface area contributed by atoms with E-state index in [1.54, 1.807) is 24.3 Å². The third-order valence-corrected chi connectivity index (χ3v) is 24.6. The summed E-state index contributed by atoms with van der Waals surface area (Å²) in [5.74, 6) is 4.15. The van der Waals surface area contributed by atoms with E-state index in [4.69, 9.17) is 39.1 Å². The number of carbonyl (C=O) groups excluding carboxylic acids is 1. The molecule has 17 nitrogen and oxygen atoms in total. The molecule has 2 heterocycles. The van der Waals surface area contributed by atoms with Crippen LogP contribution in [0.4, 0.5) is 11.4 Å². The topological polar surface area (TPSA) is 243 Å². The van der Waals surface area contributed by atoms with Crippen molar-refractivity contribution in [3.05, 3.63) is 297 Å². The predicted octanol–water partition coefficient (Wildman–Crippen LogP) is 22.7. The zero-order chi connectivity index (χ0) is 90.9. The molecule has 0 radical (unpaired) electrons. The van der Waals surface area contributed by atoms with Gasteiger partial charge in [-0.2, -0.15) is 8.42 Å². The van der Waals surface area contributed by atoms with Crippen LogP contribution < -0.4 is 50.6 Å². The molecule has 5 N–H and O–H groups in total. The number of aliphatic imine (C=N–C) groups is 1. The van der Waals surface area contributed by atoms with Gasteiger partial charge in [0.15, 0.2) is 0 Å². The second-order valence-corrected chi connectivity index (χ2v) is 37.1. The molecule has 23 heteroatoms. The average molecular weight is 1880 g/mol. The molecule has 0 amide bonds. The Kier molecular flexibility index (Phi) is 61.8. The number of fused-ring (bicyclic) bond motifs is 1. The van der Waals surface area contributed by atoms with Gasteiger partial charge in [0.1, 0.15) is 51.4 Å². The molecular weight excluding hydrogens is 1720 g/mol. The smallest absolute Gasteiger partial charge is 0.744 e. The number of nitrogens with one attached hydrogen (secondary N) is 3. The number of anilines is 1. The molecule has 1 aliphatic rings. The summed E-state index contributed by atoms with van der Waals surface area (Å²) in [6.45, 7) is 36.4. The molecule has 0 spiro atoms. The first-order chi connectivity index (χ1) is 58.4. The number of benzene rings is 9. The SMILES string of the molecule is C.C.C.C.C.C.CCC(C)(C)C(=O)OCC[N+](C)(C)C.CCC(C)c1ccccc1.CCCC(CC)c1ccc(C[PH2+]c2ccccc2)cc1.CCN(CC)C(=S)[S-].CCc1ccc(N=C(Nc2ccc(CC)cc2)c2ccccc2)cc1.Cc1ccc(S(=O)(=O)[O-])cc1.Cc1nc(-c2ccc(-c3nc(C)[nH]c3C)cc2)c(C)[nH]1.O=S(=O)(O)c1ccc(O)c2c1=CCCC=2.[Na+]. The maximum atomic E-state index is 11.6. The maximum Gasteiger partial charge on any atom is 1.00 e. The van der Waals surface area contributed by atoms with Crippen LogP contribution in [0.3, 0.4) is 0 Å². The van der Waals surface area contributed by atoms with Crippen molar-refractivity contribution in [1.29, 1.82) is 0 Å². The molecule has 0 saturated carbocycles. The molecule has 1 aliphatic carbocycles. The van der Waals surface area contributed by atoms with E-state index in [1.165, 1.54) is 89.2 Å². The van der Waals surface area contributed by atoms with Gasteiger partial charge in [0.05, 0.1) is 60.0 Å². The Hall–Kier alpha value is -8.80. The molecule has 9 aromatic carbocycles. The Morgan fingerprint density at radius 1 is 0.615 bits per heavy atom. The van der Waals surface area contributed by atoms with Crippen molar-refractivity contribution in [3.63, 3.8) is 0 Å². The number of amidine groups is 1. The van der Waals surface area contributed by atoms with Crippen molar-refractivity contribution < 1.29 is 74.6 Å². The number of ether oxygens (including phenoxy) is 1. The Bertz CT molecular complexity index is 5320. The minimum absolute atomic E-state index is 0. The van der Waals surface area contributed by atoms with Crippen molar-refractivity contribution in [2.24, 2.45) is 10.4 Å². The summed E-state index contributed by atoms with van der Waals surface area (Å²) in [4.78, 5) is 33.6. The van der Waals surface area contributed by atoms with Crippen molar-refractivity contribution in [2.45, 2.75) is 241 Å². The number of imidazole rings is 2. The zero-order valence-electron chi connectivity index (χ0n) is 76.8. The Labute approximate surface area is 820 Å². The van der Waals surface area contributed by atoms with E-state index in [1.807, 2.05) is 92.3 Å². The summed E-state index contributed by atoms with van der Waals surface area (Å²) in [5.41, 5.74) is 17.3. The summed E-state index contributed by atoms with van der Waals surface area (Å²) >= 11 is 9.51. The van der Waals surface area contributed by atoms with E-state index in [0.29, 0.717) is 42.3 Å². The van der Waals surface area contributed by atoms with Crippen molar-refractivity contribution in [2.75, 3.05) is 52.7 Å². The Balaban J connectivity index is -0.00000144. The first-order valence-electron chi connectivity index (χ1n) is 42.6. The number of hydrogen-bond donors (Lipinski definition) is 5. The number of carbonyl (C=O) groups is 1. The van der Waals surface area contributed by atoms with Crippen molar-refractivity contribution in [1.82, 2.24) is 24.8 Å². The molecule has 708 valence electrons. The predicted molar refractivity (Wildman–Crippen MR) is 563 cm³/mol. The van der Waals surface area contributed by atoms with E-state index >= 15 is 0 Å². The molecule has 2 aromatic heterocycles. The number of phenolic OH excluding ortho intramolecular Hbond substituents is 1. The van der Waals surface area contributed by atoms with Crippen LogP contribution in [-0.4, -0.2) is 124 Å². The number of nitrogens with zero attached hydrogens (tertiary/aromatic N) is 5. The van der Waals surface area contributed by atoms with Gasteiger partial charge in [-0.3, -0.25) is 9.35 Å². The summed E-state index contributed by atoms with van der Waals surface area (Å²) in [7, 11) is -1.89. The number of quaternary nitrogens is 1. The van der Waals surface area contributed by atoms with Crippen LogP contribution in [0.1, 0.15) is 239 Å². The van der Waals surface area contributed by atoms with Crippen LogP contribution in [0, 0.1) is 40.0 Å². The molecule has 0 fully saturated rings. The fourth-order valence-electron chi connectivity index (χ4n) is 12.6. The Morgan fingerprint density at radius 2 is 1.08 bits per heavy atom. The summed E-state index contributed by atoms with van der Waals surface area (Å²) in [6.07, 6.45) is 14.1. The number of thiocarbonyl (C=S) groups is 1. The van der Waals surface area contributed by atoms with Crippen LogP contribution in [0.5, 0.6) is 5.75 Å². The van der Waals surface area contributed by atoms with E-state index in [0.717, 1.165) is 130 Å². The van der Waals surface area contributed by atoms with Gasteiger partial charge < -0.3 is 63.9 Å². The van der Waals surface area contributed by atoms with Gasteiger partial charge in [-0.1, -0.05) is 285 Å². The fraction of sp³-hybridized carbons (Fsp3) is 0.393.